The molecule has 1 unspecified atom stereocenters. The standard InChI is InChI=1S/C17H23NO2S/c1-5-14(19)12-6-8-13(9-7-12)20-10-16-18-15(11-21-16)17(2,3)4/h6-9,11,14,19H,5,10H2,1-4H3. The van der Waals surface area contributed by atoms with Crippen molar-refractivity contribution in [2.24, 2.45) is 0 Å². The van der Waals surface area contributed by atoms with E-state index in [2.05, 4.69) is 31.1 Å². The number of hydrogen-bond donors (Lipinski definition) is 1. The van der Waals surface area contributed by atoms with E-state index in [1.54, 1.807) is 11.3 Å². The maximum Gasteiger partial charge on any atom is 0.140 e. The molecule has 0 spiro atoms. The van der Waals surface area contributed by atoms with Crippen molar-refractivity contribution in [2.75, 3.05) is 0 Å². The molecule has 0 saturated carbocycles. The quantitative estimate of drug-likeness (QED) is 0.886. The fourth-order valence-corrected chi connectivity index (χ4v) is 2.82. The van der Waals surface area contributed by atoms with Gasteiger partial charge in [0.25, 0.3) is 0 Å². The van der Waals surface area contributed by atoms with Crippen molar-refractivity contribution >= 4 is 11.3 Å². The molecule has 0 bridgehead atoms. The average Bonchev–Trinajstić information content (AvgIpc) is 2.94. The first kappa shape index (κ1) is 16.0. The Labute approximate surface area is 130 Å². The highest BCUT2D eigenvalue weighted by atomic mass is 32.1. The Morgan fingerprint density at radius 3 is 2.43 bits per heavy atom. The van der Waals surface area contributed by atoms with Crippen molar-refractivity contribution in [3.8, 4) is 5.75 Å². The van der Waals surface area contributed by atoms with Gasteiger partial charge in [-0.2, -0.15) is 0 Å². The highest BCUT2D eigenvalue weighted by molar-refractivity contribution is 7.09. The summed E-state index contributed by atoms with van der Waals surface area (Å²) in [4.78, 5) is 4.61. The van der Waals surface area contributed by atoms with Gasteiger partial charge in [-0.15, -0.1) is 11.3 Å². The summed E-state index contributed by atoms with van der Waals surface area (Å²) < 4.78 is 5.75. The number of aromatic nitrogens is 1. The summed E-state index contributed by atoms with van der Waals surface area (Å²) in [5.74, 6) is 0.801. The third kappa shape index (κ3) is 4.29. The Bertz CT molecular complexity index is 569. The van der Waals surface area contributed by atoms with Crippen LogP contribution in [0.2, 0.25) is 0 Å². The van der Waals surface area contributed by atoms with Crippen LogP contribution in [-0.2, 0) is 12.0 Å². The third-order valence-corrected chi connectivity index (χ3v) is 4.16. The first-order valence-electron chi connectivity index (χ1n) is 7.26. The van der Waals surface area contributed by atoms with Gasteiger partial charge in [-0.3, -0.25) is 0 Å². The fourth-order valence-electron chi connectivity index (χ4n) is 1.89. The molecule has 0 fully saturated rings. The van der Waals surface area contributed by atoms with E-state index >= 15 is 0 Å². The highest BCUT2D eigenvalue weighted by Gasteiger charge is 2.17. The molecule has 1 heterocycles. The van der Waals surface area contributed by atoms with Crippen LogP contribution in [0.15, 0.2) is 29.6 Å². The maximum absolute atomic E-state index is 9.76. The lowest BCUT2D eigenvalue weighted by Crippen LogP contribution is -2.11. The molecule has 1 aromatic carbocycles. The number of nitrogens with zero attached hydrogens (tertiary/aromatic N) is 1. The number of aliphatic hydroxyl groups is 1. The topological polar surface area (TPSA) is 42.4 Å². The molecule has 0 amide bonds. The third-order valence-electron chi connectivity index (χ3n) is 3.33. The minimum absolute atomic E-state index is 0.0761. The van der Waals surface area contributed by atoms with Crippen LogP contribution in [0.25, 0.3) is 0 Å². The van der Waals surface area contributed by atoms with Gasteiger partial charge in [0.2, 0.25) is 0 Å². The van der Waals surface area contributed by atoms with Gasteiger partial charge in [0, 0.05) is 10.8 Å². The van der Waals surface area contributed by atoms with Crippen molar-refractivity contribution in [1.29, 1.82) is 0 Å². The normalized spacial score (nSPS) is 13.2. The van der Waals surface area contributed by atoms with E-state index in [9.17, 15) is 5.11 Å². The zero-order valence-corrected chi connectivity index (χ0v) is 13.9. The van der Waals surface area contributed by atoms with Crippen LogP contribution in [0, 0.1) is 0 Å². The molecule has 1 aromatic heterocycles. The molecule has 114 valence electrons. The number of benzene rings is 1. The number of ether oxygens (including phenoxy) is 1. The SMILES string of the molecule is CCC(O)c1ccc(OCc2nc(C(C)(C)C)cs2)cc1. The van der Waals surface area contributed by atoms with Crippen LogP contribution in [0.4, 0.5) is 0 Å². The Morgan fingerprint density at radius 1 is 1.24 bits per heavy atom. The first-order chi connectivity index (χ1) is 9.90. The molecule has 0 saturated heterocycles. The van der Waals surface area contributed by atoms with Gasteiger partial charge < -0.3 is 9.84 Å². The summed E-state index contributed by atoms with van der Waals surface area (Å²) in [6.45, 7) is 8.92. The first-order valence-corrected chi connectivity index (χ1v) is 8.14. The average molecular weight is 305 g/mol. The fraction of sp³-hybridized carbons (Fsp3) is 0.471. The minimum atomic E-state index is -0.396. The van der Waals surface area contributed by atoms with E-state index in [0.29, 0.717) is 6.61 Å². The molecule has 1 atom stereocenters. The molecule has 2 rings (SSSR count). The summed E-state index contributed by atoms with van der Waals surface area (Å²) in [6.07, 6.45) is 0.321. The minimum Gasteiger partial charge on any atom is -0.486 e. The Hall–Kier alpha value is -1.39. The second-order valence-electron chi connectivity index (χ2n) is 6.16. The lowest BCUT2D eigenvalue weighted by atomic mass is 9.93. The molecule has 21 heavy (non-hydrogen) atoms. The van der Waals surface area contributed by atoms with Crippen molar-refractivity contribution in [3.05, 3.63) is 45.9 Å². The van der Waals surface area contributed by atoms with Crippen molar-refractivity contribution in [2.45, 2.75) is 52.2 Å². The van der Waals surface area contributed by atoms with E-state index in [1.165, 1.54) is 0 Å². The van der Waals surface area contributed by atoms with Crippen molar-refractivity contribution < 1.29 is 9.84 Å². The van der Waals surface area contributed by atoms with Crippen LogP contribution >= 0.6 is 11.3 Å². The zero-order chi connectivity index (χ0) is 15.5. The maximum atomic E-state index is 9.76. The lowest BCUT2D eigenvalue weighted by Gasteiger charge is -2.14. The second kappa shape index (κ2) is 6.58. The van der Waals surface area contributed by atoms with Gasteiger partial charge in [0.1, 0.15) is 17.4 Å². The van der Waals surface area contributed by atoms with E-state index in [0.717, 1.165) is 28.4 Å². The Morgan fingerprint density at radius 2 is 1.90 bits per heavy atom. The zero-order valence-electron chi connectivity index (χ0n) is 13.1. The second-order valence-corrected chi connectivity index (χ2v) is 7.10. The Kier molecular flexibility index (Phi) is 5.01. The summed E-state index contributed by atoms with van der Waals surface area (Å²) in [5.41, 5.74) is 2.11. The Balaban J connectivity index is 1.95. The van der Waals surface area contributed by atoms with Crippen molar-refractivity contribution in [1.82, 2.24) is 4.98 Å². The van der Waals surface area contributed by atoms with Crippen LogP contribution in [-0.4, -0.2) is 10.1 Å². The van der Waals surface area contributed by atoms with Crippen LogP contribution in [0.5, 0.6) is 5.75 Å². The monoisotopic (exact) mass is 305 g/mol. The largest absolute Gasteiger partial charge is 0.486 e. The van der Waals surface area contributed by atoms with Crippen LogP contribution in [0.3, 0.4) is 0 Å². The van der Waals surface area contributed by atoms with Crippen LogP contribution < -0.4 is 4.74 Å². The predicted octanol–water partition coefficient (Wildman–Crippen LogP) is 4.46. The molecular formula is C17H23NO2S. The number of rotatable bonds is 5. The van der Waals surface area contributed by atoms with E-state index in [4.69, 9.17) is 4.74 Å². The molecule has 3 nitrogen and oxygen atoms in total. The number of aliphatic hydroxyl groups excluding tert-OH is 1. The molecule has 0 aliphatic carbocycles. The summed E-state index contributed by atoms with van der Waals surface area (Å²) >= 11 is 1.63. The molecular weight excluding hydrogens is 282 g/mol. The van der Waals surface area contributed by atoms with Crippen molar-refractivity contribution in [3.63, 3.8) is 0 Å². The van der Waals surface area contributed by atoms with E-state index < -0.39 is 6.10 Å². The highest BCUT2D eigenvalue weighted by Crippen LogP contribution is 2.25. The van der Waals surface area contributed by atoms with Gasteiger partial charge >= 0.3 is 0 Å². The molecule has 0 aliphatic heterocycles. The van der Waals surface area contributed by atoms with Gasteiger partial charge in [0.15, 0.2) is 0 Å². The van der Waals surface area contributed by atoms with Gasteiger partial charge in [-0.25, -0.2) is 4.98 Å². The van der Waals surface area contributed by atoms with Gasteiger partial charge in [0.05, 0.1) is 11.8 Å². The number of hydrogen-bond acceptors (Lipinski definition) is 4. The molecule has 0 radical (unpaired) electrons. The number of thiazole rings is 1. The summed E-state index contributed by atoms with van der Waals surface area (Å²) in [6, 6.07) is 7.61. The summed E-state index contributed by atoms with van der Waals surface area (Å²) in [7, 11) is 0. The summed E-state index contributed by atoms with van der Waals surface area (Å²) in [5, 5.41) is 12.8. The molecule has 2 aromatic rings. The predicted molar refractivity (Wildman–Crippen MR) is 86.8 cm³/mol. The van der Waals surface area contributed by atoms with Gasteiger partial charge in [-0.05, 0) is 24.1 Å². The van der Waals surface area contributed by atoms with Gasteiger partial charge in [-0.1, -0.05) is 39.8 Å². The molecule has 1 N–H and O–H groups in total. The smallest absolute Gasteiger partial charge is 0.140 e. The van der Waals surface area contributed by atoms with Crippen LogP contribution in [0.1, 0.15) is 56.5 Å². The molecule has 4 heteroatoms. The molecule has 0 aliphatic rings. The lowest BCUT2D eigenvalue weighted by molar-refractivity contribution is 0.173. The van der Waals surface area contributed by atoms with E-state index in [-0.39, 0.29) is 5.41 Å². The van der Waals surface area contributed by atoms with E-state index in [1.807, 2.05) is 31.2 Å².